The van der Waals surface area contributed by atoms with Gasteiger partial charge in [-0.1, -0.05) is 30.3 Å². The smallest absolute Gasteiger partial charge is 0.263 e. The number of fused-ring (bicyclic) bond motifs is 7. The monoisotopic (exact) mass is 1270 g/mol. The van der Waals surface area contributed by atoms with Crippen LogP contribution in [-0.4, -0.2) is 127 Å². The molecule has 0 aliphatic carbocycles. The van der Waals surface area contributed by atoms with Crippen LogP contribution in [0.2, 0.25) is 0 Å². The summed E-state index contributed by atoms with van der Waals surface area (Å²) >= 11 is 1.42. The van der Waals surface area contributed by atoms with E-state index in [0.717, 1.165) is 113 Å². The highest BCUT2D eigenvalue weighted by atomic mass is 32.1. The number of ether oxygens (including phenoxy) is 7. The second-order valence-corrected chi connectivity index (χ2v) is 22.5. The molecule has 12 heterocycles. The molecule has 0 N–H and O–H groups in total. The van der Waals surface area contributed by atoms with Gasteiger partial charge in [-0.15, -0.1) is 31.7 Å². The summed E-state index contributed by atoms with van der Waals surface area (Å²) in [6, 6.07) is 50.0. The van der Waals surface area contributed by atoms with Crippen molar-refractivity contribution < 1.29 is 38.0 Å². The van der Waals surface area contributed by atoms with Gasteiger partial charge in [0.25, 0.3) is 5.91 Å². The third-order valence-corrected chi connectivity index (χ3v) is 16.4. The predicted octanol–water partition coefficient (Wildman–Crippen LogP) is 11.5. The summed E-state index contributed by atoms with van der Waals surface area (Å²) in [5.41, 5.74) is 10.9. The van der Waals surface area contributed by atoms with E-state index >= 15 is 0 Å². The molecule has 0 atom stereocenters. The fourth-order valence-corrected chi connectivity index (χ4v) is 11.4. The Morgan fingerprint density at radius 3 is 1.72 bits per heavy atom. The van der Waals surface area contributed by atoms with Crippen molar-refractivity contribution >= 4 is 66.9 Å². The van der Waals surface area contributed by atoms with Gasteiger partial charge in [-0.05, 0) is 115 Å². The first-order valence-corrected chi connectivity index (χ1v) is 30.4. The second kappa shape index (κ2) is 26.3. The van der Waals surface area contributed by atoms with Gasteiger partial charge in [-0.3, -0.25) is 19.7 Å². The van der Waals surface area contributed by atoms with Crippen molar-refractivity contribution in [3.63, 3.8) is 0 Å². The summed E-state index contributed by atoms with van der Waals surface area (Å²) in [5.74, 6) is 6.23. The molecule has 0 spiro atoms. The molecular formula is C69H56N16O8S. The number of imidazole rings is 1. The maximum absolute atomic E-state index is 12.2. The predicted molar refractivity (Wildman–Crippen MR) is 352 cm³/mol. The van der Waals surface area contributed by atoms with Gasteiger partial charge in [-0.2, -0.15) is 24.3 Å². The molecule has 25 heteroatoms. The van der Waals surface area contributed by atoms with E-state index in [2.05, 4.69) is 56.5 Å². The number of aromatic nitrogens is 15. The number of hydrogen-bond acceptors (Lipinski definition) is 21. The van der Waals surface area contributed by atoms with Gasteiger partial charge in [0.1, 0.15) is 65.7 Å². The van der Waals surface area contributed by atoms with Crippen molar-refractivity contribution in [2.24, 2.45) is 0 Å². The van der Waals surface area contributed by atoms with Crippen molar-refractivity contribution in [2.75, 3.05) is 42.0 Å². The average molecular weight is 1270 g/mol. The molecule has 0 saturated heterocycles. The Morgan fingerprint density at radius 2 is 1.10 bits per heavy atom. The Morgan fingerprint density at radius 1 is 0.511 bits per heavy atom. The standard InChI is InChI=1S/C24H21N5O3S.C24H19N5O3.C21H16N6O2/c1-28(2)24(30)22-8-7-21(33-22)18-6-9-23-26-13-15(29(23)27-18)14-32-20-10-11-25-19-12-16(31-3)4-5-17(19)20;1-30-17-3-4-18-20(13-17)25-10-8-22(18)32-14-24-27-26-23-7-5-19(28-29(23)24)15-2-6-21-16(12-15)9-11-31-21;1-28-21-11-17-15(12-23-21)18(9-10-22-17)29-13-20-25-24-19-8-7-16(26-27(19)20)14-5-3-2-4-6-14/h4-13H,14H2,1-3H3;2-8,10,12-13H,9,11,14H2,1H3;2-12H,13H2,1H3. The van der Waals surface area contributed by atoms with E-state index < -0.39 is 0 Å². The number of carbonyl (C=O) groups excluding carboxylic acids is 1. The first kappa shape index (κ1) is 59.4. The SMILES string of the molecule is COc1cc2nccc(OCc3nnc4ccc(-c5ccccc5)nn34)c2cn1.COc1ccc2c(OCc3cnc4ccc(-c5ccc(C(=O)N(C)C)s5)nn34)ccnc2c1.COc1ccc2c(OCc3nnc4ccc(-c5ccc6c(c5)CCO6)nn34)ccnc2c1. The molecule has 94 heavy (non-hydrogen) atoms. The number of benzene rings is 4. The minimum atomic E-state index is -0.0220. The van der Waals surface area contributed by atoms with Gasteiger partial charge in [0.05, 0.1) is 77.2 Å². The lowest BCUT2D eigenvalue weighted by atomic mass is 10.1. The molecular weight excluding hydrogens is 1210 g/mol. The van der Waals surface area contributed by atoms with Crippen molar-refractivity contribution in [1.82, 2.24) is 79.1 Å². The third-order valence-electron chi connectivity index (χ3n) is 15.3. The summed E-state index contributed by atoms with van der Waals surface area (Å²) in [5, 5.41) is 33.7. The van der Waals surface area contributed by atoms with Crippen LogP contribution in [0.5, 0.6) is 40.4 Å². The fourth-order valence-electron chi connectivity index (χ4n) is 10.5. The fraction of sp³-hybridized carbons (Fsp3) is 0.145. The lowest BCUT2D eigenvalue weighted by molar-refractivity contribution is 0.0832. The summed E-state index contributed by atoms with van der Waals surface area (Å²) in [6.45, 7) is 1.45. The van der Waals surface area contributed by atoms with Gasteiger partial charge < -0.3 is 38.1 Å². The molecule has 0 radical (unpaired) electrons. The maximum atomic E-state index is 12.2. The molecule has 11 aromatic heterocycles. The zero-order valence-electron chi connectivity index (χ0n) is 51.3. The van der Waals surface area contributed by atoms with Crippen molar-refractivity contribution in [3.8, 4) is 73.5 Å². The number of carbonyl (C=O) groups is 1. The molecule has 1 amide bonds. The van der Waals surface area contributed by atoms with Crippen molar-refractivity contribution in [1.29, 1.82) is 0 Å². The molecule has 0 saturated carbocycles. The first-order valence-electron chi connectivity index (χ1n) is 29.6. The largest absolute Gasteiger partial charge is 0.497 e. The number of hydrogen-bond donors (Lipinski definition) is 0. The topological polar surface area (TPSA) is 253 Å². The number of pyridine rings is 4. The van der Waals surface area contributed by atoms with Crippen LogP contribution >= 0.6 is 11.3 Å². The molecule has 1 aliphatic heterocycles. The van der Waals surface area contributed by atoms with E-state index in [1.807, 2.05) is 140 Å². The van der Waals surface area contributed by atoms with E-state index in [1.54, 1.807) is 97.0 Å². The van der Waals surface area contributed by atoms with Crippen LogP contribution in [0.15, 0.2) is 189 Å². The molecule has 0 bridgehead atoms. The first-order chi connectivity index (χ1) is 46.1. The zero-order valence-corrected chi connectivity index (χ0v) is 52.1. The molecule has 16 rings (SSSR count). The summed E-state index contributed by atoms with van der Waals surface area (Å²) in [6.07, 6.45) is 9.48. The molecule has 1 aliphatic rings. The van der Waals surface area contributed by atoms with Gasteiger partial charge in [-0.25, -0.2) is 14.5 Å². The Kier molecular flexibility index (Phi) is 16.6. The summed E-state index contributed by atoms with van der Waals surface area (Å²) in [4.78, 5) is 37.2. The minimum absolute atomic E-state index is 0.0220. The Labute approximate surface area is 539 Å². The molecule has 4 aromatic carbocycles. The number of rotatable bonds is 16. The van der Waals surface area contributed by atoms with Gasteiger partial charge in [0.15, 0.2) is 28.6 Å². The third kappa shape index (κ3) is 12.4. The number of nitrogens with zero attached hydrogens (tertiary/aromatic N) is 16. The highest BCUT2D eigenvalue weighted by molar-refractivity contribution is 7.17. The van der Waals surface area contributed by atoms with Crippen molar-refractivity contribution in [3.05, 3.63) is 216 Å². The van der Waals surface area contributed by atoms with Crippen LogP contribution in [-0.2, 0) is 26.2 Å². The maximum Gasteiger partial charge on any atom is 0.263 e. The van der Waals surface area contributed by atoms with E-state index in [0.29, 0.717) is 45.2 Å². The van der Waals surface area contributed by atoms with Crippen LogP contribution in [0.3, 0.4) is 0 Å². The average Bonchev–Trinajstić information content (AvgIpc) is 2.61. The Hall–Kier alpha value is -12.3. The summed E-state index contributed by atoms with van der Waals surface area (Å²) in [7, 11) is 8.32. The zero-order chi connectivity index (χ0) is 64.1. The van der Waals surface area contributed by atoms with E-state index in [9.17, 15) is 4.79 Å². The molecule has 0 unspecified atom stereocenters. The number of amides is 1. The van der Waals surface area contributed by atoms with Gasteiger partial charge in [0.2, 0.25) is 5.88 Å². The highest BCUT2D eigenvalue weighted by Gasteiger charge is 2.19. The minimum Gasteiger partial charge on any atom is -0.497 e. The summed E-state index contributed by atoms with van der Waals surface area (Å²) < 4.78 is 44.8. The molecule has 24 nitrogen and oxygen atoms in total. The van der Waals surface area contributed by atoms with Crippen LogP contribution in [0.1, 0.15) is 32.6 Å². The van der Waals surface area contributed by atoms with Crippen molar-refractivity contribution in [2.45, 2.75) is 26.2 Å². The quantitative estimate of drug-likeness (QED) is 0.0871. The van der Waals surface area contributed by atoms with E-state index in [4.69, 9.17) is 43.4 Å². The normalized spacial score (nSPS) is 11.6. The second-order valence-electron chi connectivity index (χ2n) is 21.4. The lowest BCUT2D eigenvalue weighted by Gasteiger charge is -2.10. The van der Waals surface area contributed by atoms with E-state index in [1.165, 1.54) is 16.9 Å². The van der Waals surface area contributed by atoms with Crippen LogP contribution in [0.4, 0.5) is 0 Å². The molecule has 466 valence electrons. The molecule has 15 aromatic rings. The number of thiophene rings is 1. The number of methoxy groups -OCH3 is 3. The van der Waals surface area contributed by atoms with Gasteiger partial charge in [0, 0.05) is 85.4 Å². The van der Waals surface area contributed by atoms with Crippen LogP contribution < -0.4 is 33.2 Å². The lowest BCUT2D eigenvalue weighted by Crippen LogP contribution is -2.20. The molecule has 0 fully saturated rings. The van der Waals surface area contributed by atoms with Crippen LogP contribution in [0, 0.1) is 0 Å². The Bertz CT molecular complexity index is 5270. The van der Waals surface area contributed by atoms with E-state index in [-0.39, 0.29) is 25.7 Å². The van der Waals surface area contributed by atoms with Gasteiger partial charge >= 0.3 is 0 Å². The Balaban J connectivity index is 0.000000122. The highest BCUT2D eigenvalue weighted by Crippen LogP contribution is 2.34. The van der Waals surface area contributed by atoms with Crippen LogP contribution in [0.25, 0.3) is 82.7 Å².